The lowest BCUT2D eigenvalue weighted by molar-refractivity contribution is 0.101. The predicted octanol–water partition coefficient (Wildman–Crippen LogP) is 2.06. The molecule has 0 saturated heterocycles. The maximum absolute atomic E-state index is 6.93. The van der Waals surface area contributed by atoms with Crippen molar-refractivity contribution in [1.82, 2.24) is 0 Å². The van der Waals surface area contributed by atoms with Gasteiger partial charge in [-0.1, -0.05) is 6.92 Å². The van der Waals surface area contributed by atoms with Crippen molar-refractivity contribution in [2.24, 2.45) is 0 Å². The van der Waals surface area contributed by atoms with Crippen LogP contribution in [0.5, 0.6) is 0 Å². The van der Waals surface area contributed by atoms with Crippen LogP contribution in [-0.4, -0.2) is 24.3 Å². The Labute approximate surface area is 67.0 Å². The van der Waals surface area contributed by atoms with Gasteiger partial charge in [0.1, 0.15) is 6.10 Å². The third kappa shape index (κ3) is 3.85. The molecule has 0 fully saturated rings. The highest BCUT2D eigenvalue weighted by Gasteiger charge is 2.10. The van der Waals surface area contributed by atoms with Crippen molar-refractivity contribution in [2.45, 2.75) is 31.7 Å². The number of hydrogen-bond acceptors (Lipinski definition) is 2. The summed E-state index contributed by atoms with van der Waals surface area (Å²) in [6.07, 6.45) is 1.99. The van der Waals surface area contributed by atoms with Crippen LogP contribution >= 0.6 is 11.6 Å². The van der Waals surface area contributed by atoms with Gasteiger partial charge in [-0.2, -0.15) is 0 Å². The van der Waals surface area contributed by atoms with Gasteiger partial charge in [0.15, 0.2) is 0 Å². The maximum Gasteiger partial charge on any atom is 0.108 e. The van der Waals surface area contributed by atoms with Crippen LogP contribution in [0.2, 0.25) is 0 Å². The van der Waals surface area contributed by atoms with Crippen molar-refractivity contribution in [3.8, 4) is 0 Å². The first kappa shape index (κ1) is 9.92. The summed E-state index contributed by atoms with van der Waals surface area (Å²) in [6, 6.07) is 0. The van der Waals surface area contributed by atoms with E-state index in [4.69, 9.17) is 21.7 Å². The summed E-state index contributed by atoms with van der Waals surface area (Å²) in [5, 5.41) is 6.83. The van der Waals surface area contributed by atoms with E-state index < -0.39 is 0 Å². The molecule has 0 aliphatic carbocycles. The molecule has 0 aromatic rings. The fraction of sp³-hybridized carbons (Fsp3) is 0.857. The fourth-order valence-electron chi connectivity index (χ4n) is 0.567. The molecule has 2 unspecified atom stereocenters. The molecule has 0 spiro atoms. The first-order valence-corrected chi connectivity index (χ1v) is 3.92. The van der Waals surface area contributed by atoms with Crippen LogP contribution in [0.3, 0.4) is 0 Å². The van der Waals surface area contributed by atoms with Crippen molar-refractivity contribution in [2.75, 3.05) is 6.61 Å². The van der Waals surface area contributed by atoms with Crippen molar-refractivity contribution in [3.63, 3.8) is 0 Å². The van der Waals surface area contributed by atoms with Gasteiger partial charge in [0.05, 0.1) is 5.38 Å². The molecule has 0 rings (SSSR count). The molecule has 3 heteroatoms. The highest BCUT2D eigenvalue weighted by molar-refractivity contribution is 6.21. The molecule has 0 aromatic heterocycles. The van der Waals surface area contributed by atoms with E-state index in [1.807, 2.05) is 13.8 Å². The molecule has 10 heavy (non-hydrogen) atoms. The molecule has 0 heterocycles. The van der Waals surface area contributed by atoms with E-state index in [2.05, 4.69) is 0 Å². The molecule has 0 saturated carbocycles. The summed E-state index contributed by atoms with van der Waals surface area (Å²) in [5.74, 6) is 0. The number of halogens is 1. The lowest BCUT2D eigenvalue weighted by atomic mass is 10.3. The third-order valence-corrected chi connectivity index (χ3v) is 1.38. The number of rotatable bonds is 5. The summed E-state index contributed by atoms with van der Waals surface area (Å²) in [5.41, 5.74) is 0. The van der Waals surface area contributed by atoms with Crippen molar-refractivity contribution < 1.29 is 4.74 Å². The second-order valence-electron chi connectivity index (χ2n) is 2.18. The SMILES string of the molecule is CCCOC(C=N)C(C)Cl. The van der Waals surface area contributed by atoms with Crippen molar-refractivity contribution in [1.29, 1.82) is 5.41 Å². The van der Waals surface area contributed by atoms with Gasteiger partial charge in [0, 0.05) is 12.8 Å². The molecule has 2 nitrogen and oxygen atoms in total. The minimum atomic E-state index is -0.221. The summed E-state index contributed by atoms with van der Waals surface area (Å²) >= 11 is 5.70. The smallest absolute Gasteiger partial charge is 0.108 e. The largest absolute Gasteiger partial charge is 0.371 e. The summed E-state index contributed by atoms with van der Waals surface area (Å²) < 4.78 is 5.23. The Kier molecular flexibility index (Phi) is 5.64. The number of hydrogen-bond donors (Lipinski definition) is 1. The number of nitrogens with one attached hydrogen (secondary N) is 1. The van der Waals surface area contributed by atoms with E-state index >= 15 is 0 Å². The first-order chi connectivity index (χ1) is 4.72. The van der Waals surface area contributed by atoms with E-state index in [0.29, 0.717) is 6.61 Å². The van der Waals surface area contributed by atoms with E-state index in [-0.39, 0.29) is 11.5 Å². The van der Waals surface area contributed by atoms with Crippen LogP contribution in [0.4, 0.5) is 0 Å². The molecule has 0 bridgehead atoms. The highest BCUT2D eigenvalue weighted by atomic mass is 35.5. The molecular weight excluding hydrogens is 150 g/mol. The number of ether oxygens (including phenoxy) is 1. The minimum absolute atomic E-state index is 0.107. The molecule has 0 radical (unpaired) electrons. The Morgan fingerprint density at radius 1 is 1.70 bits per heavy atom. The van der Waals surface area contributed by atoms with Crippen LogP contribution in [0.15, 0.2) is 0 Å². The fourth-order valence-corrected chi connectivity index (χ4v) is 0.713. The Morgan fingerprint density at radius 3 is 2.60 bits per heavy atom. The normalized spacial score (nSPS) is 16.3. The van der Waals surface area contributed by atoms with Gasteiger partial charge in [-0.15, -0.1) is 11.6 Å². The van der Waals surface area contributed by atoms with Crippen molar-refractivity contribution >= 4 is 17.8 Å². The Morgan fingerprint density at radius 2 is 2.30 bits per heavy atom. The van der Waals surface area contributed by atoms with Gasteiger partial charge in [-0.05, 0) is 13.3 Å². The van der Waals surface area contributed by atoms with E-state index in [1.54, 1.807) is 0 Å². The number of alkyl halides is 1. The average Bonchev–Trinajstić information content (AvgIpc) is 1.89. The van der Waals surface area contributed by atoms with Gasteiger partial charge in [0.25, 0.3) is 0 Å². The molecule has 0 aliphatic rings. The molecular formula is C7H14ClNO. The van der Waals surface area contributed by atoms with Gasteiger partial charge in [-0.25, -0.2) is 0 Å². The van der Waals surface area contributed by atoms with Gasteiger partial charge < -0.3 is 10.1 Å². The Balaban J connectivity index is 3.50. The highest BCUT2D eigenvalue weighted by Crippen LogP contribution is 2.03. The molecule has 0 amide bonds. The molecule has 0 aliphatic heterocycles. The summed E-state index contributed by atoms with van der Waals surface area (Å²) in [7, 11) is 0. The molecule has 2 atom stereocenters. The van der Waals surface area contributed by atoms with Crippen LogP contribution in [0.25, 0.3) is 0 Å². The van der Waals surface area contributed by atoms with Crippen LogP contribution < -0.4 is 0 Å². The Hall–Kier alpha value is -0.0800. The molecule has 60 valence electrons. The zero-order chi connectivity index (χ0) is 7.98. The molecule has 0 aromatic carbocycles. The van der Waals surface area contributed by atoms with E-state index in [0.717, 1.165) is 6.42 Å². The second kappa shape index (κ2) is 5.69. The second-order valence-corrected chi connectivity index (χ2v) is 2.87. The lowest BCUT2D eigenvalue weighted by Crippen LogP contribution is -2.23. The predicted molar refractivity (Wildman–Crippen MR) is 44.1 cm³/mol. The van der Waals surface area contributed by atoms with Crippen molar-refractivity contribution in [3.05, 3.63) is 0 Å². The standard InChI is InChI=1S/C7H14ClNO/c1-3-4-10-7(5-9)6(2)8/h5-7,9H,3-4H2,1-2H3. The minimum Gasteiger partial charge on any atom is -0.371 e. The molecule has 1 N–H and O–H groups in total. The van der Waals surface area contributed by atoms with Crippen LogP contribution in [0.1, 0.15) is 20.3 Å². The van der Waals surface area contributed by atoms with Gasteiger partial charge >= 0.3 is 0 Å². The van der Waals surface area contributed by atoms with Gasteiger partial charge in [-0.3, -0.25) is 0 Å². The monoisotopic (exact) mass is 163 g/mol. The summed E-state index contributed by atoms with van der Waals surface area (Å²) in [4.78, 5) is 0. The zero-order valence-corrected chi connectivity index (χ0v) is 7.19. The lowest BCUT2D eigenvalue weighted by Gasteiger charge is -2.13. The maximum atomic E-state index is 6.93. The van der Waals surface area contributed by atoms with Gasteiger partial charge in [0.2, 0.25) is 0 Å². The average molecular weight is 164 g/mol. The third-order valence-electron chi connectivity index (χ3n) is 1.13. The van der Waals surface area contributed by atoms with E-state index in [1.165, 1.54) is 6.21 Å². The van der Waals surface area contributed by atoms with Crippen LogP contribution in [-0.2, 0) is 4.74 Å². The van der Waals surface area contributed by atoms with Crippen LogP contribution in [0, 0.1) is 5.41 Å². The quantitative estimate of drug-likeness (QED) is 0.489. The zero-order valence-electron chi connectivity index (χ0n) is 6.43. The first-order valence-electron chi connectivity index (χ1n) is 3.48. The summed E-state index contributed by atoms with van der Waals surface area (Å²) in [6.45, 7) is 4.53. The van der Waals surface area contributed by atoms with E-state index in [9.17, 15) is 0 Å². The topological polar surface area (TPSA) is 33.1 Å². The Bertz CT molecular complexity index is 95.6.